The van der Waals surface area contributed by atoms with Gasteiger partial charge in [-0.25, -0.2) is 4.79 Å². The van der Waals surface area contributed by atoms with Gasteiger partial charge in [-0.3, -0.25) is 9.59 Å². The van der Waals surface area contributed by atoms with Crippen LogP contribution in [0.5, 0.6) is 0 Å². The number of hydrogen-bond donors (Lipinski definition) is 2. The first-order valence-corrected chi connectivity index (χ1v) is 12.6. The van der Waals surface area contributed by atoms with Gasteiger partial charge in [0.25, 0.3) is 11.8 Å². The van der Waals surface area contributed by atoms with Gasteiger partial charge in [0.05, 0.1) is 27.2 Å². The molecule has 192 valence electrons. The molecule has 38 heavy (non-hydrogen) atoms. The highest BCUT2D eigenvalue weighted by molar-refractivity contribution is 6.39. The molecule has 9 heteroatoms. The summed E-state index contributed by atoms with van der Waals surface area (Å²) >= 11 is 12.2. The summed E-state index contributed by atoms with van der Waals surface area (Å²) in [5.74, 6) is -1.91. The summed E-state index contributed by atoms with van der Waals surface area (Å²) in [6.45, 7) is 1.03. The average molecular weight is 548 g/mol. The lowest BCUT2D eigenvalue weighted by molar-refractivity contribution is -0.139. The molecule has 0 unspecified atom stereocenters. The Balaban J connectivity index is 1.39. The van der Waals surface area contributed by atoms with E-state index in [-0.39, 0.29) is 27.9 Å². The van der Waals surface area contributed by atoms with Gasteiger partial charge >= 0.3 is 5.97 Å². The standard InChI is InChI=1S/C29H23Cl2N3O4/c30-23-2-1-3-24(31)26(23)27(35)33-25(29(37)38)16-18-4-8-20(9-5-18)21-12-14-34(15-13-21)28(36)22-10-6-19(17-32)7-11-22/h1-12,25H,13-16H2,(H,33,35)(H,37,38)/t25-/m0/s1. The molecule has 0 aromatic heterocycles. The number of halogens is 2. The minimum Gasteiger partial charge on any atom is -0.480 e. The molecular weight excluding hydrogens is 525 g/mol. The molecule has 3 aromatic carbocycles. The SMILES string of the molecule is N#Cc1ccc(C(=O)N2CC=C(c3ccc(C[C@H](NC(=O)c4c(Cl)cccc4Cl)C(=O)O)cc3)CC2)cc1. The number of amides is 2. The van der Waals surface area contributed by atoms with Crippen LogP contribution in [0.25, 0.3) is 5.57 Å². The van der Waals surface area contributed by atoms with Crippen LogP contribution in [0.4, 0.5) is 0 Å². The second kappa shape index (κ2) is 12.0. The zero-order valence-corrected chi connectivity index (χ0v) is 21.7. The van der Waals surface area contributed by atoms with E-state index in [4.69, 9.17) is 28.5 Å². The number of carbonyl (C=O) groups is 3. The Kier molecular flexibility index (Phi) is 8.47. The Hall–Kier alpha value is -4.12. The molecule has 0 saturated carbocycles. The Labute approximate surface area is 229 Å². The van der Waals surface area contributed by atoms with Crippen LogP contribution in [0.15, 0.2) is 72.8 Å². The van der Waals surface area contributed by atoms with E-state index < -0.39 is 17.9 Å². The molecule has 0 aliphatic carbocycles. The third-order valence-electron chi connectivity index (χ3n) is 6.32. The lowest BCUT2D eigenvalue weighted by Gasteiger charge is -2.27. The van der Waals surface area contributed by atoms with Gasteiger partial charge in [-0.2, -0.15) is 5.26 Å². The summed E-state index contributed by atoms with van der Waals surface area (Å²) in [5.41, 5.74) is 3.90. The number of nitrogens with zero attached hydrogens (tertiary/aromatic N) is 2. The maximum Gasteiger partial charge on any atom is 0.326 e. The number of nitrogens with one attached hydrogen (secondary N) is 1. The lowest BCUT2D eigenvalue weighted by Crippen LogP contribution is -2.42. The highest BCUT2D eigenvalue weighted by atomic mass is 35.5. The summed E-state index contributed by atoms with van der Waals surface area (Å²) in [6.07, 6.45) is 2.76. The number of carboxylic acids is 1. The fourth-order valence-electron chi connectivity index (χ4n) is 4.22. The minimum absolute atomic E-state index is 0.0355. The van der Waals surface area contributed by atoms with E-state index in [1.54, 1.807) is 35.2 Å². The van der Waals surface area contributed by atoms with Crippen molar-refractivity contribution in [1.82, 2.24) is 10.2 Å². The van der Waals surface area contributed by atoms with Gasteiger partial charge in [0.15, 0.2) is 0 Å². The predicted molar refractivity (Wildman–Crippen MR) is 145 cm³/mol. The van der Waals surface area contributed by atoms with Crippen molar-refractivity contribution in [3.05, 3.63) is 111 Å². The molecule has 0 fully saturated rings. The molecule has 1 atom stereocenters. The van der Waals surface area contributed by atoms with Crippen LogP contribution < -0.4 is 5.32 Å². The molecule has 3 aromatic rings. The van der Waals surface area contributed by atoms with Gasteiger partial charge in [0.1, 0.15) is 6.04 Å². The largest absolute Gasteiger partial charge is 0.480 e. The Bertz CT molecular complexity index is 1420. The van der Waals surface area contributed by atoms with Crippen LogP contribution in [0.2, 0.25) is 10.0 Å². The first-order valence-electron chi connectivity index (χ1n) is 11.8. The van der Waals surface area contributed by atoms with Crippen molar-refractivity contribution in [1.29, 1.82) is 5.26 Å². The van der Waals surface area contributed by atoms with Gasteiger partial charge in [-0.15, -0.1) is 0 Å². The third-order valence-corrected chi connectivity index (χ3v) is 6.95. The molecule has 1 heterocycles. The zero-order chi connectivity index (χ0) is 27.2. The first kappa shape index (κ1) is 26.9. The minimum atomic E-state index is -1.17. The molecule has 0 bridgehead atoms. The van der Waals surface area contributed by atoms with Crippen molar-refractivity contribution in [2.45, 2.75) is 18.9 Å². The number of hydrogen-bond acceptors (Lipinski definition) is 4. The molecule has 2 amide bonds. The van der Waals surface area contributed by atoms with E-state index >= 15 is 0 Å². The molecule has 0 radical (unpaired) electrons. The highest BCUT2D eigenvalue weighted by Gasteiger charge is 2.24. The zero-order valence-electron chi connectivity index (χ0n) is 20.2. The van der Waals surface area contributed by atoms with E-state index in [1.807, 2.05) is 36.4 Å². The van der Waals surface area contributed by atoms with E-state index in [9.17, 15) is 19.5 Å². The fraction of sp³-hybridized carbons (Fsp3) is 0.172. The van der Waals surface area contributed by atoms with Crippen molar-refractivity contribution in [3.63, 3.8) is 0 Å². The maximum absolute atomic E-state index is 12.8. The predicted octanol–water partition coefficient (Wildman–Crippen LogP) is 5.22. The molecule has 0 spiro atoms. The maximum atomic E-state index is 12.8. The van der Waals surface area contributed by atoms with Crippen LogP contribution in [-0.4, -0.2) is 46.9 Å². The van der Waals surface area contributed by atoms with Gasteiger partial charge in [-0.1, -0.05) is 59.6 Å². The number of rotatable bonds is 7. The fourth-order valence-corrected chi connectivity index (χ4v) is 4.79. The first-order chi connectivity index (χ1) is 18.3. The van der Waals surface area contributed by atoms with Gasteiger partial charge in [-0.05, 0) is 59.5 Å². The smallest absolute Gasteiger partial charge is 0.326 e. The van der Waals surface area contributed by atoms with Crippen molar-refractivity contribution in [2.24, 2.45) is 0 Å². The Morgan fingerprint density at radius 1 is 1.00 bits per heavy atom. The number of benzene rings is 3. The summed E-state index contributed by atoms with van der Waals surface area (Å²) in [4.78, 5) is 39.0. The third kappa shape index (κ3) is 6.23. The van der Waals surface area contributed by atoms with Crippen molar-refractivity contribution >= 4 is 46.6 Å². The summed E-state index contributed by atoms with van der Waals surface area (Å²) in [7, 11) is 0. The van der Waals surface area contributed by atoms with Crippen molar-refractivity contribution in [3.8, 4) is 6.07 Å². The Morgan fingerprint density at radius 3 is 2.21 bits per heavy atom. The summed E-state index contributed by atoms with van der Waals surface area (Å²) in [6, 6.07) is 19.6. The van der Waals surface area contributed by atoms with E-state index in [0.717, 1.165) is 16.7 Å². The number of nitriles is 1. The van der Waals surface area contributed by atoms with Gasteiger partial charge in [0.2, 0.25) is 0 Å². The van der Waals surface area contributed by atoms with Crippen LogP contribution in [0, 0.1) is 11.3 Å². The van der Waals surface area contributed by atoms with Crippen LogP contribution >= 0.6 is 23.2 Å². The van der Waals surface area contributed by atoms with E-state index in [2.05, 4.69) is 5.32 Å². The van der Waals surface area contributed by atoms with E-state index in [0.29, 0.717) is 30.6 Å². The molecule has 2 N–H and O–H groups in total. The highest BCUT2D eigenvalue weighted by Crippen LogP contribution is 2.26. The average Bonchev–Trinajstić information content (AvgIpc) is 2.92. The number of carboxylic acid groups (broad SMARTS) is 1. The van der Waals surface area contributed by atoms with Crippen LogP contribution in [-0.2, 0) is 11.2 Å². The molecule has 1 aliphatic rings. The van der Waals surface area contributed by atoms with Crippen LogP contribution in [0.3, 0.4) is 0 Å². The van der Waals surface area contributed by atoms with Crippen molar-refractivity contribution in [2.75, 3.05) is 13.1 Å². The molecule has 1 aliphatic heterocycles. The number of carbonyl (C=O) groups excluding carboxylic acids is 2. The lowest BCUT2D eigenvalue weighted by atomic mass is 9.96. The van der Waals surface area contributed by atoms with Gasteiger partial charge in [0, 0.05) is 25.1 Å². The van der Waals surface area contributed by atoms with Gasteiger partial charge < -0.3 is 15.3 Å². The summed E-state index contributed by atoms with van der Waals surface area (Å²) in [5, 5.41) is 21.4. The quantitative estimate of drug-likeness (QED) is 0.421. The molecule has 4 rings (SSSR count). The monoisotopic (exact) mass is 547 g/mol. The Morgan fingerprint density at radius 2 is 1.66 bits per heavy atom. The molecule has 7 nitrogen and oxygen atoms in total. The second-order valence-corrected chi connectivity index (χ2v) is 9.60. The summed E-state index contributed by atoms with van der Waals surface area (Å²) < 4.78 is 0. The molecule has 0 saturated heterocycles. The molecular formula is C29H23Cl2N3O4. The van der Waals surface area contributed by atoms with Crippen molar-refractivity contribution < 1.29 is 19.5 Å². The van der Waals surface area contributed by atoms with E-state index in [1.165, 1.54) is 12.1 Å². The van der Waals surface area contributed by atoms with Crippen LogP contribution in [0.1, 0.15) is 43.8 Å². The number of aliphatic carboxylic acids is 1. The second-order valence-electron chi connectivity index (χ2n) is 8.78. The topological polar surface area (TPSA) is 111 Å². The normalized spacial score (nSPS) is 13.7.